The van der Waals surface area contributed by atoms with Crippen LogP contribution >= 0.6 is 15.9 Å². The Balaban J connectivity index is 2.30. The van der Waals surface area contributed by atoms with Crippen molar-refractivity contribution >= 4 is 15.9 Å². The number of hydrogen-bond donors (Lipinski definition) is 1. The minimum absolute atomic E-state index is 0.291. The van der Waals surface area contributed by atoms with E-state index in [1.165, 1.54) is 16.7 Å². The molecule has 0 amide bonds. The fourth-order valence-corrected chi connectivity index (χ4v) is 3.14. The molecular weight excluding hydrogens is 326 g/mol. The van der Waals surface area contributed by atoms with E-state index in [0.29, 0.717) is 6.04 Å². The Hall–Kier alpha value is -1.32. The molecule has 21 heavy (non-hydrogen) atoms. The van der Waals surface area contributed by atoms with Gasteiger partial charge in [-0.25, -0.2) is 0 Å². The summed E-state index contributed by atoms with van der Waals surface area (Å²) in [6.07, 6.45) is 0.917. The van der Waals surface area contributed by atoms with Gasteiger partial charge in [-0.1, -0.05) is 47.1 Å². The first-order valence-corrected chi connectivity index (χ1v) is 8.06. The van der Waals surface area contributed by atoms with Gasteiger partial charge in [-0.2, -0.15) is 0 Å². The molecule has 0 radical (unpaired) electrons. The van der Waals surface area contributed by atoms with Crippen molar-refractivity contribution in [3.8, 4) is 5.75 Å². The summed E-state index contributed by atoms with van der Waals surface area (Å²) in [5.41, 5.74) is 3.87. The van der Waals surface area contributed by atoms with Crippen LogP contribution in [0, 0.1) is 6.92 Å². The van der Waals surface area contributed by atoms with Crippen LogP contribution < -0.4 is 10.1 Å². The van der Waals surface area contributed by atoms with E-state index in [-0.39, 0.29) is 0 Å². The van der Waals surface area contributed by atoms with Gasteiger partial charge >= 0.3 is 0 Å². The molecular formula is C18H22BrNO. The van der Waals surface area contributed by atoms with E-state index >= 15 is 0 Å². The van der Waals surface area contributed by atoms with Gasteiger partial charge in [0, 0.05) is 10.5 Å². The van der Waals surface area contributed by atoms with Crippen LogP contribution in [0.15, 0.2) is 46.9 Å². The molecule has 0 bridgehead atoms. The summed E-state index contributed by atoms with van der Waals surface area (Å²) >= 11 is 3.53. The molecule has 0 saturated heterocycles. The number of methoxy groups -OCH3 is 1. The van der Waals surface area contributed by atoms with Gasteiger partial charge in [0.25, 0.3) is 0 Å². The average Bonchev–Trinajstić information content (AvgIpc) is 2.47. The lowest BCUT2D eigenvalue weighted by Gasteiger charge is -2.22. The van der Waals surface area contributed by atoms with Gasteiger partial charge in [0.2, 0.25) is 0 Å². The van der Waals surface area contributed by atoms with E-state index in [2.05, 4.69) is 65.4 Å². The van der Waals surface area contributed by atoms with Crippen molar-refractivity contribution in [1.82, 2.24) is 5.32 Å². The summed E-state index contributed by atoms with van der Waals surface area (Å²) in [6, 6.07) is 15.0. The second-order valence-corrected chi connectivity index (χ2v) is 6.04. The summed E-state index contributed by atoms with van der Waals surface area (Å²) in [5.74, 6) is 0.954. The Morgan fingerprint density at radius 2 is 1.95 bits per heavy atom. The van der Waals surface area contributed by atoms with Crippen molar-refractivity contribution in [2.24, 2.45) is 0 Å². The third-order valence-electron chi connectivity index (χ3n) is 3.67. The average molecular weight is 348 g/mol. The first-order chi connectivity index (χ1) is 10.2. The van der Waals surface area contributed by atoms with Crippen LogP contribution in [-0.4, -0.2) is 13.7 Å². The fourth-order valence-electron chi connectivity index (χ4n) is 2.66. The zero-order chi connectivity index (χ0) is 15.2. The lowest BCUT2D eigenvalue weighted by atomic mass is 9.95. The quantitative estimate of drug-likeness (QED) is 0.820. The highest BCUT2D eigenvalue weighted by Gasteiger charge is 2.15. The predicted octanol–water partition coefficient (Wildman–Crippen LogP) is 4.66. The highest BCUT2D eigenvalue weighted by atomic mass is 79.9. The monoisotopic (exact) mass is 347 g/mol. The van der Waals surface area contributed by atoms with E-state index in [0.717, 1.165) is 23.2 Å². The maximum Gasteiger partial charge on any atom is 0.122 e. The Morgan fingerprint density at radius 3 is 2.62 bits per heavy atom. The van der Waals surface area contributed by atoms with Crippen LogP contribution in [0.2, 0.25) is 0 Å². The number of hydrogen-bond acceptors (Lipinski definition) is 2. The Labute approximate surface area is 135 Å². The van der Waals surface area contributed by atoms with E-state index in [4.69, 9.17) is 4.74 Å². The van der Waals surface area contributed by atoms with Crippen molar-refractivity contribution < 1.29 is 4.74 Å². The van der Waals surface area contributed by atoms with E-state index in [1.807, 2.05) is 12.1 Å². The number of aryl methyl sites for hydroxylation is 1. The number of ether oxygens (including phenoxy) is 1. The summed E-state index contributed by atoms with van der Waals surface area (Å²) in [6.45, 7) is 5.24. The van der Waals surface area contributed by atoms with Crippen LogP contribution in [0.4, 0.5) is 0 Å². The largest absolute Gasteiger partial charge is 0.496 e. The molecule has 1 atom stereocenters. The van der Waals surface area contributed by atoms with Crippen LogP contribution in [0.5, 0.6) is 5.75 Å². The molecule has 112 valence electrons. The summed E-state index contributed by atoms with van der Waals surface area (Å²) in [4.78, 5) is 0. The molecule has 0 heterocycles. The lowest BCUT2D eigenvalue weighted by Crippen LogP contribution is -2.24. The molecule has 1 N–H and O–H groups in total. The number of benzene rings is 2. The van der Waals surface area contributed by atoms with E-state index in [9.17, 15) is 0 Å². The second kappa shape index (κ2) is 7.62. The molecule has 0 spiro atoms. The lowest BCUT2D eigenvalue weighted by molar-refractivity contribution is 0.405. The van der Waals surface area contributed by atoms with Gasteiger partial charge < -0.3 is 10.1 Å². The van der Waals surface area contributed by atoms with Gasteiger partial charge in [-0.15, -0.1) is 0 Å². The summed E-state index contributed by atoms with van der Waals surface area (Å²) < 4.78 is 6.60. The highest BCUT2D eigenvalue weighted by molar-refractivity contribution is 9.10. The van der Waals surface area contributed by atoms with E-state index in [1.54, 1.807) is 7.11 Å². The van der Waals surface area contributed by atoms with E-state index < -0.39 is 0 Å². The molecule has 2 rings (SSSR count). The molecule has 3 heteroatoms. The fraction of sp³-hybridized carbons (Fsp3) is 0.333. The first kappa shape index (κ1) is 16.1. The van der Waals surface area contributed by atoms with Crippen LogP contribution in [0.3, 0.4) is 0 Å². The molecule has 2 aromatic rings. The maximum absolute atomic E-state index is 5.47. The molecule has 0 aliphatic heterocycles. The van der Waals surface area contributed by atoms with Crippen molar-refractivity contribution in [2.45, 2.75) is 26.3 Å². The predicted molar refractivity (Wildman–Crippen MR) is 92.0 cm³/mol. The third kappa shape index (κ3) is 4.08. The SMILES string of the molecule is CCNC(Cc1ccccc1OC)c1ccc(Br)cc1C. The second-order valence-electron chi connectivity index (χ2n) is 5.13. The topological polar surface area (TPSA) is 21.3 Å². The molecule has 0 aliphatic rings. The highest BCUT2D eigenvalue weighted by Crippen LogP contribution is 2.28. The number of para-hydroxylation sites is 1. The Kier molecular flexibility index (Phi) is 5.83. The molecule has 0 saturated carbocycles. The van der Waals surface area contributed by atoms with Gasteiger partial charge in [0.15, 0.2) is 0 Å². The minimum atomic E-state index is 0.291. The van der Waals surface area contributed by atoms with Gasteiger partial charge in [0.1, 0.15) is 5.75 Å². The summed E-state index contributed by atoms with van der Waals surface area (Å²) in [5, 5.41) is 3.59. The molecule has 2 nitrogen and oxygen atoms in total. The van der Waals surface area contributed by atoms with Gasteiger partial charge in [-0.05, 0) is 54.8 Å². The minimum Gasteiger partial charge on any atom is -0.496 e. The van der Waals surface area contributed by atoms with Crippen molar-refractivity contribution in [1.29, 1.82) is 0 Å². The Morgan fingerprint density at radius 1 is 1.19 bits per heavy atom. The van der Waals surface area contributed by atoms with Gasteiger partial charge in [0.05, 0.1) is 7.11 Å². The van der Waals surface area contributed by atoms with Crippen LogP contribution in [0.1, 0.15) is 29.7 Å². The smallest absolute Gasteiger partial charge is 0.122 e. The third-order valence-corrected chi connectivity index (χ3v) is 4.17. The molecule has 0 aromatic heterocycles. The van der Waals surface area contributed by atoms with Crippen molar-refractivity contribution in [3.05, 3.63) is 63.6 Å². The van der Waals surface area contributed by atoms with Crippen LogP contribution in [0.25, 0.3) is 0 Å². The van der Waals surface area contributed by atoms with Crippen LogP contribution in [-0.2, 0) is 6.42 Å². The Bertz CT molecular complexity index is 598. The van der Waals surface area contributed by atoms with Gasteiger partial charge in [-0.3, -0.25) is 0 Å². The normalized spacial score (nSPS) is 12.2. The number of halogens is 1. The van der Waals surface area contributed by atoms with Crippen molar-refractivity contribution in [3.63, 3.8) is 0 Å². The summed E-state index contributed by atoms with van der Waals surface area (Å²) in [7, 11) is 1.73. The molecule has 2 aromatic carbocycles. The standard InChI is InChI=1S/C18H22BrNO/c1-4-20-17(16-10-9-15(19)11-13(16)2)12-14-7-5-6-8-18(14)21-3/h5-11,17,20H,4,12H2,1-3H3. The molecule has 0 fully saturated rings. The first-order valence-electron chi connectivity index (χ1n) is 7.27. The molecule has 1 unspecified atom stereocenters. The number of likely N-dealkylation sites (N-methyl/N-ethyl adjacent to an activating group) is 1. The molecule has 0 aliphatic carbocycles. The number of rotatable bonds is 6. The zero-order valence-electron chi connectivity index (χ0n) is 12.8. The number of nitrogens with one attached hydrogen (secondary N) is 1. The van der Waals surface area contributed by atoms with Crippen molar-refractivity contribution in [2.75, 3.05) is 13.7 Å². The maximum atomic E-state index is 5.47. The zero-order valence-corrected chi connectivity index (χ0v) is 14.4.